The van der Waals surface area contributed by atoms with Gasteiger partial charge >= 0.3 is 0 Å². The first-order valence-electron chi connectivity index (χ1n) is 11.7. The number of nitrogens with two attached hydrogens (primary N) is 2. The van der Waals surface area contributed by atoms with Gasteiger partial charge < -0.3 is 21.1 Å². The summed E-state index contributed by atoms with van der Waals surface area (Å²) >= 11 is 0. The molecule has 0 radical (unpaired) electrons. The van der Waals surface area contributed by atoms with E-state index in [0.29, 0.717) is 18.1 Å². The number of hydrogen-bond donors (Lipinski definition) is 3. The van der Waals surface area contributed by atoms with Crippen molar-refractivity contribution in [3.63, 3.8) is 0 Å². The van der Waals surface area contributed by atoms with Gasteiger partial charge in [0.05, 0.1) is 5.39 Å². The smallest absolute Gasteiger partial charge is 0.256 e. The van der Waals surface area contributed by atoms with E-state index in [9.17, 15) is 9.59 Å². The van der Waals surface area contributed by atoms with E-state index in [1.54, 1.807) is 11.7 Å². The molecule has 36 heavy (non-hydrogen) atoms. The third-order valence-corrected chi connectivity index (χ3v) is 6.43. The molecule has 184 valence electrons. The Morgan fingerprint density at radius 1 is 1.14 bits per heavy atom. The van der Waals surface area contributed by atoms with E-state index in [-0.39, 0.29) is 34.7 Å². The van der Waals surface area contributed by atoms with Gasteiger partial charge in [-0.25, -0.2) is 4.98 Å². The zero-order valence-corrected chi connectivity index (χ0v) is 19.8. The number of methoxy groups -OCH3 is 1. The first kappa shape index (κ1) is 23.5. The highest BCUT2D eigenvalue weighted by molar-refractivity contribution is 6.01. The molecule has 1 fully saturated rings. The number of hydrogen-bond acceptors (Lipinski definition) is 8. The number of carbonyl (C=O) groups is 1. The minimum absolute atomic E-state index is 0.0372. The van der Waals surface area contributed by atoms with Gasteiger partial charge in [-0.2, -0.15) is 4.98 Å². The van der Waals surface area contributed by atoms with Gasteiger partial charge in [0, 0.05) is 37.1 Å². The molecular formula is C26H27N7O3. The molecule has 5 N–H and O–H groups in total. The molecule has 2 unspecified atom stereocenters. The molecule has 1 aliphatic heterocycles. The van der Waals surface area contributed by atoms with Crippen LogP contribution >= 0.6 is 0 Å². The van der Waals surface area contributed by atoms with Crippen molar-refractivity contribution in [1.82, 2.24) is 19.9 Å². The van der Waals surface area contributed by atoms with Gasteiger partial charge in [-0.05, 0) is 37.2 Å². The number of anilines is 3. The molecule has 1 amide bonds. The van der Waals surface area contributed by atoms with Crippen molar-refractivity contribution in [2.24, 2.45) is 5.73 Å². The van der Waals surface area contributed by atoms with Crippen molar-refractivity contribution in [1.29, 1.82) is 0 Å². The summed E-state index contributed by atoms with van der Waals surface area (Å²) in [5.41, 5.74) is 12.8. The second-order valence-electron chi connectivity index (χ2n) is 8.59. The summed E-state index contributed by atoms with van der Waals surface area (Å²) in [6, 6.07) is 19.0. The van der Waals surface area contributed by atoms with Crippen LogP contribution in [0.15, 0.2) is 71.7 Å². The second-order valence-corrected chi connectivity index (χ2v) is 8.59. The molecule has 10 nitrogen and oxygen atoms in total. The molecule has 4 aromatic rings. The molecule has 5 rings (SSSR count). The molecule has 2 aromatic heterocycles. The van der Waals surface area contributed by atoms with Crippen molar-refractivity contribution in [2.45, 2.75) is 25.1 Å². The Hall–Kier alpha value is -4.28. The fourth-order valence-corrected chi connectivity index (χ4v) is 4.72. The van der Waals surface area contributed by atoms with Crippen LogP contribution in [0.2, 0.25) is 0 Å². The van der Waals surface area contributed by atoms with E-state index in [4.69, 9.17) is 21.2 Å². The minimum atomic E-state index is -0.903. The normalized spacial score (nSPS) is 17.7. The molecule has 1 saturated heterocycles. The van der Waals surface area contributed by atoms with Crippen LogP contribution in [-0.4, -0.2) is 46.4 Å². The van der Waals surface area contributed by atoms with Gasteiger partial charge in [-0.15, -0.1) is 0 Å². The van der Waals surface area contributed by atoms with Crippen LogP contribution in [0.5, 0.6) is 0 Å². The maximum Gasteiger partial charge on any atom is 0.256 e. The predicted molar refractivity (Wildman–Crippen MR) is 138 cm³/mol. The molecule has 2 aromatic carbocycles. The van der Waals surface area contributed by atoms with Crippen LogP contribution in [0.1, 0.15) is 23.2 Å². The highest BCUT2D eigenvalue weighted by Gasteiger charge is 2.30. The maximum atomic E-state index is 13.2. The number of ether oxygens (including phenoxy) is 1. The molecule has 0 spiro atoms. The predicted octanol–water partition coefficient (Wildman–Crippen LogP) is 2.32. The standard InChI is InChI=1S/C26H27N7O3/c1-36-20-14-18(12-13-29-20)32(16-8-4-2-5-9-16)26-30-15-19-22(34)21(24(28)35)23(27)33(25(19)31-26)17-10-6-3-7-11-17/h2-11,15,18,20,29H,12-14,27H2,1H3,(H2,28,35). The van der Waals surface area contributed by atoms with Gasteiger partial charge in [0.2, 0.25) is 11.4 Å². The van der Waals surface area contributed by atoms with Gasteiger partial charge in [-0.1, -0.05) is 36.4 Å². The number of nitrogens with one attached hydrogen (secondary N) is 1. The summed E-state index contributed by atoms with van der Waals surface area (Å²) in [6.45, 7) is 0.768. The summed E-state index contributed by atoms with van der Waals surface area (Å²) < 4.78 is 7.15. The van der Waals surface area contributed by atoms with Crippen LogP contribution < -0.4 is 27.1 Å². The number of piperidine rings is 1. The number of pyridine rings is 1. The maximum absolute atomic E-state index is 13.2. The third-order valence-electron chi connectivity index (χ3n) is 6.43. The average Bonchev–Trinajstić information content (AvgIpc) is 2.90. The molecule has 0 aliphatic carbocycles. The number of amides is 1. The van der Waals surface area contributed by atoms with Crippen molar-refractivity contribution in [3.8, 4) is 5.69 Å². The molecular weight excluding hydrogens is 458 g/mol. The molecule has 1 aliphatic rings. The number of para-hydroxylation sites is 2. The van der Waals surface area contributed by atoms with E-state index < -0.39 is 11.3 Å². The lowest BCUT2D eigenvalue weighted by Crippen LogP contribution is -2.47. The largest absolute Gasteiger partial charge is 0.384 e. The number of nitrogens with zero attached hydrogens (tertiary/aromatic N) is 4. The first-order chi connectivity index (χ1) is 17.5. The summed E-state index contributed by atoms with van der Waals surface area (Å²) in [7, 11) is 1.68. The Balaban J connectivity index is 1.76. The van der Waals surface area contributed by atoms with Crippen LogP contribution in [0, 0.1) is 0 Å². The molecule has 2 atom stereocenters. The summed E-state index contributed by atoms with van der Waals surface area (Å²) in [6.07, 6.45) is 2.88. The minimum Gasteiger partial charge on any atom is -0.384 e. The van der Waals surface area contributed by atoms with Gasteiger partial charge in [0.15, 0.2) is 5.65 Å². The quantitative estimate of drug-likeness (QED) is 0.378. The number of carbonyl (C=O) groups excluding carboxylic acids is 1. The topological polar surface area (TPSA) is 141 Å². The van der Waals surface area contributed by atoms with Crippen molar-refractivity contribution >= 4 is 34.4 Å². The Morgan fingerprint density at radius 2 is 1.83 bits per heavy atom. The van der Waals surface area contributed by atoms with E-state index in [1.807, 2.05) is 60.7 Å². The number of rotatable bonds is 6. The molecule has 0 bridgehead atoms. The van der Waals surface area contributed by atoms with Crippen molar-refractivity contribution in [2.75, 3.05) is 24.3 Å². The summed E-state index contributed by atoms with van der Waals surface area (Å²) in [5, 5.41) is 3.50. The molecule has 3 heterocycles. The summed E-state index contributed by atoms with van der Waals surface area (Å²) in [4.78, 5) is 36.9. The van der Waals surface area contributed by atoms with Gasteiger partial charge in [-0.3, -0.25) is 19.5 Å². The van der Waals surface area contributed by atoms with Gasteiger partial charge in [0.1, 0.15) is 17.6 Å². The van der Waals surface area contributed by atoms with Crippen molar-refractivity contribution < 1.29 is 9.53 Å². The van der Waals surface area contributed by atoms with Crippen LogP contribution in [0.25, 0.3) is 16.7 Å². The van der Waals surface area contributed by atoms with E-state index in [0.717, 1.165) is 18.7 Å². The Bertz CT molecular complexity index is 1460. The zero-order chi connectivity index (χ0) is 25.2. The number of nitrogen functional groups attached to an aromatic ring is 1. The fraction of sp³-hybridized carbons (Fsp3) is 0.231. The first-order valence-corrected chi connectivity index (χ1v) is 11.7. The second kappa shape index (κ2) is 9.76. The fourth-order valence-electron chi connectivity index (χ4n) is 4.72. The van der Waals surface area contributed by atoms with Crippen LogP contribution in [0.4, 0.5) is 17.5 Å². The van der Waals surface area contributed by atoms with Crippen molar-refractivity contribution in [3.05, 3.63) is 82.6 Å². The Kier molecular flexibility index (Phi) is 6.36. The number of primary amides is 1. The monoisotopic (exact) mass is 485 g/mol. The number of fused-ring (bicyclic) bond motifs is 1. The highest BCUT2D eigenvalue weighted by atomic mass is 16.5. The van der Waals surface area contributed by atoms with Crippen LogP contribution in [-0.2, 0) is 4.74 Å². The molecule has 0 saturated carbocycles. The number of aromatic nitrogens is 3. The highest BCUT2D eigenvalue weighted by Crippen LogP contribution is 2.31. The Morgan fingerprint density at radius 3 is 2.50 bits per heavy atom. The lowest BCUT2D eigenvalue weighted by molar-refractivity contribution is 0.0461. The van der Waals surface area contributed by atoms with E-state index >= 15 is 0 Å². The lowest BCUT2D eigenvalue weighted by atomic mass is 10.0. The lowest BCUT2D eigenvalue weighted by Gasteiger charge is -2.37. The van der Waals surface area contributed by atoms with Crippen LogP contribution in [0.3, 0.4) is 0 Å². The molecule has 10 heteroatoms. The third kappa shape index (κ3) is 4.16. The Labute approximate surface area is 207 Å². The zero-order valence-electron chi connectivity index (χ0n) is 19.8. The van der Waals surface area contributed by atoms with Gasteiger partial charge in [0.25, 0.3) is 5.91 Å². The SMILES string of the molecule is COC1CC(N(c2ccccc2)c2ncc3c(=O)c(C(N)=O)c(N)n(-c4ccccc4)c3n2)CCN1. The van der Waals surface area contributed by atoms with E-state index in [2.05, 4.69) is 15.2 Å². The summed E-state index contributed by atoms with van der Waals surface area (Å²) in [5.74, 6) is -0.562. The van der Waals surface area contributed by atoms with E-state index in [1.165, 1.54) is 6.20 Å². The average molecular weight is 486 g/mol. The number of benzene rings is 2.